The molecule has 3 aliphatic rings. The van der Waals surface area contributed by atoms with Crippen LogP contribution in [0.15, 0.2) is 54.7 Å². The second kappa shape index (κ2) is 7.26. The van der Waals surface area contributed by atoms with E-state index in [0.29, 0.717) is 12.1 Å². The minimum absolute atomic E-state index is 0.181. The van der Waals surface area contributed by atoms with Crippen molar-refractivity contribution in [3.63, 3.8) is 0 Å². The Labute approximate surface area is 190 Å². The molecule has 0 radical (unpaired) electrons. The zero-order chi connectivity index (χ0) is 22.7. The van der Waals surface area contributed by atoms with Gasteiger partial charge in [-0.25, -0.2) is 0 Å². The van der Waals surface area contributed by atoms with E-state index in [2.05, 4.69) is 15.6 Å². The number of para-hydroxylation sites is 2. The fourth-order valence-corrected chi connectivity index (χ4v) is 5.93. The highest BCUT2D eigenvalue weighted by atomic mass is 16.5. The Kier molecular flexibility index (Phi) is 4.43. The number of benzene rings is 2. The van der Waals surface area contributed by atoms with Gasteiger partial charge in [-0.1, -0.05) is 36.4 Å². The maximum Gasteiger partial charge on any atom is 0.250 e. The number of carbonyl (C=O) groups is 3. The van der Waals surface area contributed by atoms with Gasteiger partial charge in [0.1, 0.15) is 5.54 Å². The molecular weight excluding hydrogens is 420 g/mol. The smallest absolute Gasteiger partial charge is 0.250 e. The fourth-order valence-electron chi connectivity index (χ4n) is 5.93. The van der Waals surface area contributed by atoms with Crippen molar-refractivity contribution in [3.8, 4) is 0 Å². The van der Waals surface area contributed by atoms with E-state index in [1.54, 1.807) is 0 Å². The quantitative estimate of drug-likeness (QED) is 0.521. The van der Waals surface area contributed by atoms with Gasteiger partial charge in [0.2, 0.25) is 17.7 Å². The van der Waals surface area contributed by atoms with Gasteiger partial charge in [0.05, 0.1) is 25.0 Å². The largest absolute Gasteiger partial charge is 0.383 e. The van der Waals surface area contributed by atoms with Crippen LogP contribution in [0.5, 0.6) is 0 Å². The Morgan fingerprint density at radius 3 is 2.67 bits per heavy atom. The maximum atomic E-state index is 13.6. The summed E-state index contributed by atoms with van der Waals surface area (Å²) in [5.41, 5.74) is 2.18. The molecule has 4 atom stereocenters. The van der Waals surface area contributed by atoms with E-state index in [4.69, 9.17) is 4.74 Å². The molecule has 2 aromatic carbocycles. The number of ether oxygens (including phenoxy) is 1. The van der Waals surface area contributed by atoms with E-state index in [9.17, 15) is 14.4 Å². The average Bonchev–Trinajstić information content (AvgIpc) is 3.53. The second-order valence-corrected chi connectivity index (χ2v) is 8.95. The fraction of sp³-hybridized carbons (Fsp3) is 0.320. The van der Waals surface area contributed by atoms with Gasteiger partial charge in [-0.05, 0) is 24.1 Å². The number of likely N-dealkylation sites (tertiary alicyclic amines) is 1. The van der Waals surface area contributed by atoms with Crippen LogP contribution in [-0.2, 0) is 31.1 Å². The van der Waals surface area contributed by atoms with Gasteiger partial charge >= 0.3 is 0 Å². The summed E-state index contributed by atoms with van der Waals surface area (Å²) >= 11 is 0. The molecule has 168 valence electrons. The van der Waals surface area contributed by atoms with Crippen molar-refractivity contribution in [3.05, 3.63) is 65.9 Å². The summed E-state index contributed by atoms with van der Waals surface area (Å²) in [6, 6.07) is 15.0. The van der Waals surface area contributed by atoms with Crippen molar-refractivity contribution in [1.29, 1.82) is 0 Å². The number of H-pyrrole nitrogens is 1. The lowest BCUT2D eigenvalue weighted by molar-refractivity contribution is -0.143. The number of nitrogens with zero attached hydrogens (tertiary/aromatic N) is 1. The van der Waals surface area contributed by atoms with Gasteiger partial charge in [-0.15, -0.1) is 0 Å². The number of aromatic nitrogens is 1. The van der Waals surface area contributed by atoms with Crippen LogP contribution in [0.1, 0.15) is 11.1 Å². The van der Waals surface area contributed by atoms with Crippen molar-refractivity contribution in [2.45, 2.75) is 18.0 Å². The number of carbonyl (C=O) groups excluding carboxylic acids is 3. The average molecular weight is 444 g/mol. The lowest BCUT2D eigenvalue weighted by Crippen LogP contribution is -2.53. The van der Waals surface area contributed by atoms with E-state index in [1.807, 2.05) is 54.7 Å². The van der Waals surface area contributed by atoms with Gasteiger partial charge in [0.25, 0.3) is 0 Å². The van der Waals surface area contributed by atoms with Crippen molar-refractivity contribution < 1.29 is 19.1 Å². The molecule has 1 spiro atoms. The number of rotatable bonds is 5. The number of imide groups is 1. The summed E-state index contributed by atoms with van der Waals surface area (Å²) in [7, 11) is 1.54. The number of aromatic amines is 1. The maximum absolute atomic E-state index is 13.6. The molecular formula is C25H24N4O4. The Hall–Kier alpha value is -3.49. The summed E-state index contributed by atoms with van der Waals surface area (Å²) in [5.74, 6) is -2.29. The predicted molar refractivity (Wildman–Crippen MR) is 121 cm³/mol. The Morgan fingerprint density at radius 2 is 1.82 bits per heavy atom. The Morgan fingerprint density at radius 1 is 1.03 bits per heavy atom. The molecule has 8 heteroatoms. The van der Waals surface area contributed by atoms with Crippen LogP contribution in [0.3, 0.4) is 0 Å². The minimum Gasteiger partial charge on any atom is -0.383 e. The van der Waals surface area contributed by atoms with Crippen LogP contribution in [-0.4, -0.2) is 53.9 Å². The number of hydrogen-bond acceptors (Lipinski definition) is 5. The summed E-state index contributed by atoms with van der Waals surface area (Å²) in [6.45, 7) is 0.438. The third-order valence-electron chi connectivity index (χ3n) is 7.35. The third-order valence-corrected chi connectivity index (χ3v) is 7.35. The van der Waals surface area contributed by atoms with E-state index >= 15 is 0 Å². The van der Waals surface area contributed by atoms with Crippen molar-refractivity contribution in [1.82, 2.24) is 15.2 Å². The number of amides is 3. The van der Waals surface area contributed by atoms with Crippen LogP contribution in [0.25, 0.3) is 10.9 Å². The van der Waals surface area contributed by atoms with Crippen molar-refractivity contribution >= 4 is 34.3 Å². The topological polar surface area (TPSA) is 104 Å². The number of fused-ring (bicyclic) bond motifs is 5. The SMILES string of the molecule is COCCN1C(=O)[C@H]2[C@@H](C1=O)[C@]1(N[C@@H]2Cc2c[nH]c3ccccc23)C(=O)Nc2ccccc21. The number of anilines is 1. The van der Waals surface area contributed by atoms with Gasteiger partial charge < -0.3 is 15.0 Å². The minimum atomic E-state index is -1.27. The molecule has 0 bridgehead atoms. The summed E-state index contributed by atoms with van der Waals surface area (Å²) in [5, 5.41) is 7.49. The molecule has 1 aromatic heterocycles. The molecule has 3 aliphatic heterocycles. The monoisotopic (exact) mass is 444 g/mol. The standard InChI is InChI=1S/C25H24N4O4/c1-33-11-10-29-22(30)20-19(12-14-13-26-17-8-4-2-6-15(14)17)28-25(21(20)23(29)31)16-7-3-5-9-18(16)27-24(25)32/h2-9,13,19-21,26,28H,10-12H2,1H3,(H,27,32)/t19-,20-,21+,25+/m1/s1. The summed E-state index contributed by atoms with van der Waals surface area (Å²) < 4.78 is 5.13. The molecule has 3 aromatic rings. The van der Waals surface area contributed by atoms with Crippen molar-refractivity contribution in [2.75, 3.05) is 25.6 Å². The first-order chi connectivity index (χ1) is 16.1. The molecule has 0 saturated carbocycles. The molecule has 6 rings (SSSR count). The van der Waals surface area contributed by atoms with Gasteiger partial charge in [-0.2, -0.15) is 0 Å². The highest BCUT2D eigenvalue weighted by Gasteiger charge is 2.70. The summed E-state index contributed by atoms with van der Waals surface area (Å²) in [6.07, 6.45) is 2.46. The molecule has 3 amide bonds. The van der Waals surface area contributed by atoms with Crippen LogP contribution < -0.4 is 10.6 Å². The van der Waals surface area contributed by atoms with Gasteiger partial charge in [0, 0.05) is 41.5 Å². The Balaban J connectivity index is 1.46. The van der Waals surface area contributed by atoms with E-state index in [0.717, 1.165) is 22.0 Å². The van der Waals surface area contributed by atoms with E-state index in [-0.39, 0.29) is 36.9 Å². The van der Waals surface area contributed by atoms with Crippen LogP contribution in [0.4, 0.5) is 5.69 Å². The zero-order valence-electron chi connectivity index (χ0n) is 18.1. The van der Waals surface area contributed by atoms with Crippen LogP contribution in [0, 0.1) is 11.8 Å². The van der Waals surface area contributed by atoms with E-state index in [1.165, 1.54) is 12.0 Å². The lowest BCUT2D eigenvalue weighted by Gasteiger charge is -2.29. The predicted octanol–water partition coefficient (Wildman–Crippen LogP) is 1.78. The molecule has 2 fully saturated rings. The van der Waals surface area contributed by atoms with Crippen LogP contribution in [0.2, 0.25) is 0 Å². The molecule has 3 N–H and O–H groups in total. The van der Waals surface area contributed by atoms with Crippen molar-refractivity contribution in [2.24, 2.45) is 11.8 Å². The molecule has 0 aliphatic carbocycles. The zero-order valence-corrected chi connectivity index (χ0v) is 18.1. The first-order valence-electron chi connectivity index (χ1n) is 11.1. The number of hydrogen-bond donors (Lipinski definition) is 3. The third kappa shape index (κ3) is 2.68. The van der Waals surface area contributed by atoms with Gasteiger partial charge in [-0.3, -0.25) is 24.6 Å². The molecule has 33 heavy (non-hydrogen) atoms. The summed E-state index contributed by atoms with van der Waals surface area (Å²) in [4.78, 5) is 45.1. The molecule has 4 heterocycles. The molecule has 0 unspecified atom stereocenters. The number of nitrogens with one attached hydrogen (secondary N) is 3. The molecule has 8 nitrogen and oxygen atoms in total. The van der Waals surface area contributed by atoms with Crippen LogP contribution >= 0.6 is 0 Å². The van der Waals surface area contributed by atoms with E-state index < -0.39 is 17.4 Å². The number of methoxy groups -OCH3 is 1. The normalized spacial score (nSPS) is 28.1. The highest BCUT2D eigenvalue weighted by Crippen LogP contribution is 2.53. The highest BCUT2D eigenvalue weighted by molar-refractivity contribution is 6.15. The Bertz CT molecular complexity index is 1300. The second-order valence-electron chi connectivity index (χ2n) is 8.95. The first-order valence-corrected chi connectivity index (χ1v) is 11.1. The first kappa shape index (κ1) is 20.1. The lowest BCUT2D eigenvalue weighted by atomic mass is 9.76. The molecule has 2 saturated heterocycles. The van der Waals surface area contributed by atoms with Gasteiger partial charge in [0.15, 0.2) is 0 Å².